The van der Waals surface area contributed by atoms with E-state index >= 15 is 0 Å². The van der Waals surface area contributed by atoms with Crippen LogP contribution in [0.2, 0.25) is 0 Å². The summed E-state index contributed by atoms with van der Waals surface area (Å²) in [6.45, 7) is 1.86. The molecule has 0 aliphatic rings. The smallest absolute Gasteiger partial charge is 0.220 e. The molecule has 2 aromatic rings. The van der Waals surface area contributed by atoms with Crippen molar-refractivity contribution in [2.45, 2.75) is 36.5 Å². The van der Waals surface area contributed by atoms with E-state index in [2.05, 4.69) is 5.32 Å². The molecule has 0 aliphatic heterocycles. The predicted molar refractivity (Wildman–Crippen MR) is 97.1 cm³/mol. The average molecular weight is 379 g/mol. The molecule has 1 atom stereocenters. The monoisotopic (exact) mass is 379 g/mol. The lowest BCUT2D eigenvalue weighted by molar-refractivity contribution is -0.121. The van der Waals surface area contributed by atoms with Crippen molar-refractivity contribution in [1.82, 2.24) is 5.32 Å². The number of ether oxygens (including phenoxy) is 1. The highest BCUT2D eigenvalue weighted by Gasteiger charge is 2.23. The number of sulfone groups is 1. The van der Waals surface area contributed by atoms with Crippen LogP contribution in [0, 0.1) is 5.82 Å². The molecule has 0 fully saturated rings. The molecule has 140 valence electrons. The molecule has 2 rings (SSSR count). The second-order valence-electron chi connectivity index (χ2n) is 5.94. The average Bonchev–Trinajstić information content (AvgIpc) is 2.64. The van der Waals surface area contributed by atoms with Gasteiger partial charge in [0.15, 0.2) is 9.84 Å². The molecule has 1 amide bonds. The fourth-order valence-corrected chi connectivity index (χ4v) is 3.89. The maximum Gasteiger partial charge on any atom is 0.220 e. The zero-order valence-corrected chi connectivity index (χ0v) is 15.6. The van der Waals surface area contributed by atoms with Gasteiger partial charge < -0.3 is 10.1 Å². The Morgan fingerprint density at radius 3 is 2.46 bits per heavy atom. The molecule has 26 heavy (non-hydrogen) atoms. The number of para-hydroxylation sites is 1. The molecule has 7 heteroatoms. The van der Waals surface area contributed by atoms with Crippen LogP contribution in [0.4, 0.5) is 4.39 Å². The van der Waals surface area contributed by atoms with Crippen molar-refractivity contribution in [3.63, 3.8) is 0 Å². The van der Waals surface area contributed by atoms with Crippen molar-refractivity contribution in [2.75, 3.05) is 7.11 Å². The molecule has 0 saturated carbocycles. The van der Waals surface area contributed by atoms with Crippen molar-refractivity contribution in [3.8, 4) is 5.75 Å². The molecule has 0 aliphatic carbocycles. The summed E-state index contributed by atoms with van der Waals surface area (Å²) in [5.41, 5.74) is 0.843. The van der Waals surface area contributed by atoms with Crippen molar-refractivity contribution in [2.24, 2.45) is 0 Å². The van der Waals surface area contributed by atoms with Gasteiger partial charge in [0.1, 0.15) is 11.6 Å². The number of carbonyl (C=O) groups excluding carboxylic acids is 1. The summed E-state index contributed by atoms with van der Waals surface area (Å²) < 4.78 is 43.1. The number of hydrogen-bond acceptors (Lipinski definition) is 4. The molecular formula is C19H22FNO4S. The lowest BCUT2D eigenvalue weighted by Crippen LogP contribution is -2.26. The molecule has 0 radical (unpaired) electrons. The Morgan fingerprint density at radius 1 is 1.15 bits per heavy atom. The molecule has 0 spiro atoms. The van der Waals surface area contributed by atoms with Crippen LogP contribution < -0.4 is 10.1 Å². The molecule has 2 aromatic carbocycles. The van der Waals surface area contributed by atoms with Crippen molar-refractivity contribution in [3.05, 3.63) is 59.9 Å². The largest absolute Gasteiger partial charge is 0.496 e. The van der Waals surface area contributed by atoms with Gasteiger partial charge in [-0.15, -0.1) is 0 Å². The molecule has 0 heterocycles. The van der Waals surface area contributed by atoms with E-state index in [0.717, 1.165) is 17.7 Å². The highest BCUT2D eigenvalue weighted by Crippen LogP contribution is 2.20. The number of hydrogen-bond donors (Lipinski definition) is 1. The van der Waals surface area contributed by atoms with Gasteiger partial charge >= 0.3 is 0 Å². The normalized spacial score (nSPS) is 12.4. The SMILES string of the molecule is COc1ccccc1CNC(=O)CCC(C)S(=O)(=O)c1ccc(F)cc1. The van der Waals surface area contributed by atoms with E-state index in [0.29, 0.717) is 12.3 Å². The first-order chi connectivity index (χ1) is 12.3. The molecule has 5 nitrogen and oxygen atoms in total. The number of methoxy groups -OCH3 is 1. The van der Waals surface area contributed by atoms with Gasteiger partial charge in [-0.1, -0.05) is 18.2 Å². The minimum Gasteiger partial charge on any atom is -0.496 e. The van der Waals surface area contributed by atoms with Gasteiger partial charge in [0.05, 0.1) is 17.3 Å². The Kier molecular flexibility index (Phi) is 6.74. The van der Waals surface area contributed by atoms with Gasteiger partial charge in [-0.25, -0.2) is 12.8 Å². The molecule has 1 N–H and O–H groups in total. The molecule has 0 aromatic heterocycles. The summed E-state index contributed by atoms with van der Waals surface area (Å²) in [6.07, 6.45) is 0.258. The summed E-state index contributed by atoms with van der Waals surface area (Å²) in [6, 6.07) is 12.0. The number of amides is 1. The van der Waals surface area contributed by atoms with Crippen molar-refractivity contribution in [1.29, 1.82) is 0 Å². The highest BCUT2D eigenvalue weighted by molar-refractivity contribution is 7.92. The lowest BCUT2D eigenvalue weighted by Gasteiger charge is -2.13. The Morgan fingerprint density at radius 2 is 1.81 bits per heavy atom. The van der Waals surface area contributed by atoms with Crippen molar-refractivity contribution >= 4 is 15.7 Å². The minimum absolute atomic E-state index is 0.0563. The van der Waals surface area contributed by atoms with E-state index < -0.39 is 20.9 Å². The number of carbonyl (C=O) groups is 1. The van der Waals surface area contributed by atoms with E-state index in [-0.39, 0.29) is 23.6 Å². The van der Waals surface area contributed by atoms with E-state index in [4.69, 9.17) is 4.74 Å². The third kappa shape index (κ3) is 5.05. The van der Waals surface area contributed by atoms with Crippen LogP contribution in [0.15, 0.2) is 53.4 Å². The van der Waals surface area contributed by atoms with E-state index in [9.17, 15) is 17.6 Å². The first-order valence-corrected chi connectivity index (χ1v) is 9.77. The predicted octanol–water partition coefficient (Wildman–Crippen LogP) is 3.09. The van der Waals surface area contributed by atoms with Gasteiger partial charge in [0.2, 0.25) is 5.91 Å². The maximum atomic E-state index is 13.0. The zero-order chi connectivity index (χ0) is 19.2. The quantitative estimate of drug-likeness (QED) is 0.716. The Bertz CT molecular complexity index is 850. The molecule has 0 bridgehead atoms. The molecule has 0 saturated heterocycles. The van der Waals surface area contributed by atoms with Crippen molar-refractivity contribution < 1.29 is 22.3 Å². The first-order valence-electron chi connectivity index (χ1n) is 8.22. The Hall–Kier alpha value is -2.41. The third-order valence-electron chi connectivity index (χ3n) is 4.12. The zero-order valence-electron chi connectivity index (χ0n) is 14.7. The van der Waals surface area contributed by atoms with Crippen LogP contribution in [0.5, 0.6) is 5.75 Å². The number of halogens is 1. The van der Waals surface area contributed by atoms with Crippen LogP contribution in [-0.2, 0) is 21.2 Å². The maximum absolute atomic E-state index is 13.0. The van der Waals surface area contributed by atoms with Crippen LogP contribution >= 0.6 is 0 Å². The number of benzene rings is 2. The van der Waals surface area contributed by atoms with Gasteiger partial charge in [-0.3, -0.25) is 4.79 Å². The van der Waals surface area contributed by atoms with E-state index in [1.165, 1.54) is 12.1 Å². The van der Waals surface area contributed by atoms with E-state index in [1.807, 2.05) is 18.2 Å². The number of nitrogens with one attached hydrogen (secondary N) is 1. The standard InChI is InChI=1S/C19H22FNO4S/c1-14(26(23,24)17-10-8-16(20)9-11-17)7-12-19(22)21-13-15-5-3-4-6-18(15)25-2/h3-6,8-11,14H,7,12-13H2,1-2H3,(H,21,22). The summed E-state index contributed by atoms with van der Waals surface area (Å²) >= 11 is 0. The number of rotatable bonds is 8. The van der Waals surface area contributed by atoms with Crippen LogP contribution in [0.1, 0.15) is 25.3 Å². The highest BCUT2D eigenvalue weighted by atomic mass is 32.2. The first kappa shape index (κ1) is 19.9. The Balaban J connectivity index is 1.89. The topological polar surface area (TPSA) is 72.5 Å². The van der Waals surface area contributed by atoms with Gasteiger partial charge in [0, 0.05) is 18.5 Å². The van der Waals surface area contributed by atoms with E-state index in [1.54, 1.807) is 20.1 Å². The summed E-state index contributed by atoms with van der Waals surface area (Å²) in [4.78, 5) is 12.1. The van der Waals surface area contributed by atoms with Crippen LogP contribution in [-0.4, -0.2) is 26.7 Å². The van der Waals surface area contributed by atoms with Gasteiger partial charge in [0.25, 0.3) is 0 Å². The second-order valence-corrected chi connectivity index (χ2v) is 8.30. The Labute approximate surface area is 153 Å². The van der Waals surface area contributed by atoms with Gasteiger partial charge in [-0.2, -0.15) is 0 Å². The molecular weight excluding hydrogens is 357 g/mol. The van der Waals surface area contributed by atoms with Crippen LogP contribution in [0.3, 0.4) is 0 Å². The lowest BCUT2D eigenvalue weighted by atomic mass is 10.2. The fraction of sp³-hybridized carbons (Fsp3) is 0.316. The third-order valence-corrected chi connectivity index (χ3v) is 6.34. The van der Waals surface area contributed by atoms with Crippen LogP contribution in [0.25, 0.3) is 0 Å². The fourth-order valence-electron chi connectivity index (χ4n) is 2.48. The molecule has 1 unspecified atom stereocenters. The summed E-state index contributed by atoms with van der Waals surface area (Å²) in [5.74, 6) is -0.0514. The minimum atomic E-state index is -3.60. The summed E-state index contributed by atoms with van der Waals surface area (Å²) in [7, 11) is -2.04. The second kappa shape index (κ2) is 8.80. The van der Waals surface area contributed by atoms with Gasteiger partial charge in [-0.05, 0) is 43.7 Å². The summed E-state index contributed by atoms with van der Waals surface area (Å²) in [5, 5.41) is 2.02.